The zero-order valence-electron chi connectivity index (χ0n) is 25.1. The van der Waals surface area contributed by atoms with Crippen molar-refractivity contribution in [2.75, 3.05) is 0 Å². The fraction of sp³-hybridized carbons (Fsp3) is 0.594. The van der Waals surface area contributed by atoms with Gasteiger partial charge in [0.05, 0.1) is 0 Å². The smallest absolute Gasteiger partial charge is 0.343 e. The quantitative estimate of drug-likeness (QED) is 0.332. The summed E-state index contributed by atoms with van der Waals surface area (Å²) in [6.07, 6.45) is 1.70. The standard InChI is InChI=1S/C32H43ClN4O2/c1-18-15-22(31(5,6)7)25(23(16-18)32(8,9)10)39-29(38)24-21(17-34)26(33)37-28(24)35-27(36-37)19-11-13-20(14-12-19)30(2,3)4/h11-14,18,22-23,25H,15-16H2,1-10H3,(H,35,36). The van der Waals surface area contributed by atoms with Crippen LogP contribution in [0.4, 0.5) is 0 Å². The number of aromatic amines is 1. The Morgan fingerprint density at radius 1 is 1.03 bits per heavy atom. The molecule has 0 amide bonds. The van der Waals surface area contributed by atoms with E-state index in [9.17, 15) is 10.1 Å². The lowest BCUT2D eigenvalue weighted by molar-refractivity contribution is -0.0922. The van der Waals surface area contributed by atoms with E-state index in [0.717, 1.165) is 18.4 Å². The van der Waals surface area contributed by atoms with Crippen LogP contribution in [0.2, 0.25) is 5.15 Å². The number of halogens is 1. The molecule has 4 rings (SSSR count). The van der Waals surface area contributed by atoms with Crippen LogP contribution in [0.25, 0.3) is 17.0 Å². The number of carbonyl (C=O) groups is 1. The zero-order valence-corrected chi connectivity index (χ0v) is 25.8. The highest BCUT2D eigenvalue weighted by Crippen LogP contribution is 2.50. The number of nitrogens with zero attached hydrogens (tertiary/aromatic N) is 3. The molecule has 1 saturated carbocycles. The third-order valence-corrected chi connectivity index (χ3v) is 8.80. The Hall–Kier alpha value is -2.78. The first-order valence-electron chi connectivity index (χ1n) is 14.0. The Morgan fingerprint density at radius 3 is 2.03 bits per heavy atom. The van der Waals surface area contributed by atoms with Crippen molar-refractivity contribution in [3.05, 3.63) is 46.1 Å². The molecule has 2 heterocycles. The number of nitrogens with one attached hydrogen (secondary N) is 1. The van der Waals surface area contributed by atoms with Crippen LogP contribution in [0.1, 0.15) is 104 Å². The first-order chi connectivity index (χ1) is 17.9. The molecule has 1 N–H and O–H groups in total. The zero-order chi connectivity index (χ0) is 29.1. The Kier molecular flexibility index (Phi) is 7.49. The molecular weight excluding hydrogens is 508 g/mol. The minimum atomic E-state index is -0.542. The van der Waals surface area contributed by atoms with E-state index in [2.05, 4.69) is 92.5 Å². The van der Waals surface area contributed by atoms with Gasteiger partial charge in [0.2, 0.25) is 0 Å². The second kappa shape index (κ2) is 10.0. The Labute approximate surface area is 238 Å². The van der Waals surface area contributed by atoms with Crippen LogP contribution >= 0.6 is 11.6 Å². The molecule has 39 heavy (non-hydrogen) atoms. The van der Waals surface area contributed by atoms with Crippen molar-refractivity contribution in [3.8, 4) is 17.5 Å². The number of benzene rings is 1. The summed E-state index contributed by atoms with van der Waals surface area (Å²) in [4.78, 5) is 18.7. The summed E-state index contributed by atoms with van der Waals surface area (Å²) in [6.45, 7) is 22.1. The third kappa shape index (κ3) is 5.61. The molecule has 6 nitrogen and oxygen atoms in total. The van der Waals surface area contributed by atoms with E-state index < -0.39 is 5.97 Å². The topological polar surface area (TPSA) is 83.2 Å². The number of esters is 1. The van der Waals surface area contributed by atoms with Crippen LogP contribution in [0, 0.1) is 39.9 Å². The summed E-state index contributed by atoms with van der Waals surface area (Å²) in [6, 6.07) is 10.3. The van der Waals surface area contributed by atoms with E-state index in [1.807, 2.05) is 12.1 Å². The maximum atomic E-state index is 13.9. The molecule has 3 aromatic rings. The average Bonchev–Trinajstić information content (AvgIpc) is 3.35. The van der Waals surface area contributed by atoms with Gasteiger partial charge in [-0.2, -0.15) is 5.26 Å². The van der Waals surface area contributed by atoms with Gasteiger partial charge in [-0.3, -0.25) is 5.10 Å². The lowest BCUT2D eigenvalue weighted by Crippen LogP contribution is -2.49. The fourth-order valence-electron chi connectivity index (χ4n) is 6.08. The van der Waals surface area contributed by atoms with Gasteiger partial charge >= 0.3 is 5.97 Å². The minimum Gasteiger partial charge on any atom is -0.458 e. The molecule has 0 bridgehead atoms. The number of aromatic nitrogens is 3. The molecule has 2 aromatic heterocycles. The summed E-state index contributed by atoms with van der Waals surface area (Å²) in [5.74, 6) is 0.934. The highest BCUT2D eigenvalue weighted by Gasteiger charge is 2.48. The van der Waals surface area contributed by atoms with E-state index in [1.54, 1.807) is 0 Å². The van der Waals surface area contributed by atoms with Gasteiger partial charge in [-0.1, -0.05) is 105 Å². The fourth-order valence-corrected chi connectivity index (χ4v) is 6.34. The van der Waals surface area contributed by atoms with Crippen molar-refractivity contribution in [1.82, 2.24) is 14.6 Å². The molecule has 0 aliphatic heterocycles. The summed E-state index contributed by atoms with van der Waals surface area (Å²) >= 11 is 6.62. The van der Waals surface area contributed by atoms with Crippen LogP contribution in [0.5, 0.6) is 0 Å². The first-order valence-corrected chi connectivity index (χ1v) is 14.3. The van der Waals surface area contributed by atoms with Crippen molar-refractivity contribution in [2.45, 2.75) is 93.6 Å². The van der Waals surface area contributed by atoms with Crippen LogP contribution in [0.15, 0.2) is 24.3 Å². The van der Waals surface area contributed by atoms with Crippen molar-refractivity contribution in [2.24, 2.45) is 28.6 Å². The molecule has 7 heteroatoms. The Morgan fingerprint density at radius 2 is 1.56 bits per heavy atom. The van der Waals surface area contributed by atoms with Crippen molar-refractivity contribution in [1.29, 1.82) is 5.26 Å². The molecular formula is C32H43ClN4O2. The lowest BCUT2D eigenvalue weighted by Gasteiger charge is -2.50. The number of H-pyrrole nitrogens is 1. The molecule has 0 radical (unpaired) electrons. The minimum absolute atomic E-state index is 0.0311. The molecule has 1 aliphatic rings. The van der Waals surface area contributed by atoms with Gasteiger partial charge < -0.3 is 4.74 Å². The van der Waals surface area contributed by atoms with E-state index in [4.69, 9.17) is 21.3 Å². The number of hydrogen-bond acceptors (Lipinski definition) is 4. The van der Waals surface area contributed by atoms with E-state index in [0.29, 0.717) is 17.4 Å². The summed E-state index contributed by atoms with van der Waals surface area (Å²) in [5, 5.41) is 13.3. The summed E-state index contributed by atoms with van der Waals surface area (Å²) in [7, 11) is 0. The molecule has 2 atom stereocenters. The highest BCUT2D eigenvalue weighted by molar-refractivity contribution is 6.32. The lowest BCUT2D eigenvalue weighted by atomic mass is 9.59. The van der Waals surface area contributed by atoms with Crippen LogP contribution in [-0.2, 0) is 10.2 Å². The summed E-state index contributed by atoms with van der Waals surface area (Å²) in [5.41, 5.74) is 2.52. The SMILES string of the molecule is CC1CC(C(C)(C)C)C(OC(=O)c2c(C#N)c(Cl)n3[nH]c(-c4ccc(C(C)(C)C)cc4)nc23)C(C(C)(C)C)C1. The second-order valence-corrected chi connectivity index (χ2v) is 15.0. The maximum Gasteiger partial charge on any atom is 0.343 e. The molecule has 0 spiro atoms. The van der Waals surface area contributed by atoms with Crippen LogP contribution in [0.3, 0.4) is 0 Å². The van der Waals surface area contributed by atoms with E-state index in [1.165, 1.54) is 10.1 Å². The van der Waals surface area contributed by atoms with Gasteiger partial charge in [-0.15, -0.1) is 0 Å². The molecule has 0 saturated heterocycles. The number of nitriles is 1. The second-order valence-electron chi connectivity index (χ2n) is 14.6. The van der Waals surface area contributed by atoms with Crippen molar-refractivity contribution >= 4 is 23.2 Å². The van der Waals surface area contributed by atoms with Gasteiger partial charge in [-0.25, -0.2) is 14.3 Å². The number of ether oxygens (including phenoxy) is 1. The van der Waals surface area contributed by atoms with Gasteiger partial charge in [0, 0.05) is 17.4 Å². The highest BCUT2D eigenvalue weighted by atomic mass is 35.5. The molecule has 210 valence electrons. The van der Waals surface area contributed by atoms with Gasteiger partial charge in [0.1, 0.15) is 28.5 Å². The van der Waals surface area contributed by atoms with Crippen molar-refractivity contribution in [3.63, 3.8) is 0 Å². The van der Waals surface area contributed by atoms with Gasteiger partial charge in [0.15, 0.2) is 11.5 Å². The van der Waals surface area contributed by atoms with Crippen LogP contribution < -0.4 is 0 Å². The first kappa shape index (κ1) is 29.2. The van der Waals surface area contributed by atoms with E-state index >= 15 is 0 Å². The Bertz CT molecular complexity index is 1380. The van der Waals surface area contributed by atoms with Gasteiger partial charge in [-0.05, 0) is 40.6 Å². The Balaban J connectivity index is 1.76. The van der Waals surface area contributed by atoms with Crippen LogP contribution in [-0.4, -0.2) is 26.7 Å². The molecule has 1 aromatic carbocycles. The molecule has 1 aliphatic carbocycles. The van der Waals surface area contributed by atoms with E-state index in [-0.39, 0.29) is 50.5 Å². The normalized spacial score (nSPS) is 22.6. The van der Waals surface area contributed by atoms with Gasteiger partial charge in [0.25, 0.3) is 0 Å². The number of hydrogen-bond donors (Lipinski definition) is 1. The largest absolute Gasteiger partial charge is 0.458 e. The summed E-state index contributed by atoms with van der Waals surface area (Å²) < 4.78 is 7.93. The maximum absolute atomic E-state index is 13.9. The number of rotatable bonds is 3. The third-order valence-electron chi connectivity index (χ3n) is 8.44. The predicted molar refractivity (Wildman–Crippen MR) is 157 cm³/mol. The number of carbonyl (C=O) groups excluding carboxylic acids is 1. The van der Waals surface area contributed by atoms with Crippen molar-refractivity contribution < 1.29 is 9.53 Å². The monoisotopic (exact) mass is 550 g/mol. The average molecular weight is 551 g/mol. The predicted octanol–water partition coefficient (Wildman–Crippen LogP) is 8.43. The molecule has 2 unspecified atom stereocenters. The number of fused-ring (bicyclic) bond motifs is 1. The molecule has 1 fully saturated rings.